The smallest absolute Gasteiger partial charge is 0.305 e. The fraction of sp³-hybridized carbons (Fsp3) is 0.207. The van der Waals surface area contributed by atoms with E-state index in [2.05, 4.69) is 5.32 Å². The zero-order valence-corrected chi connectivity index (χ0v) is 20.3. The SMILES string of the molecule is CCOC(=O)CCC1(NC(=O)/C=C/c2ccccc2OC)C(=O)N(c2ccccc2)c2ccccc21. The van der Waals surface area contributed by atoms with Crippen LogP contribution in [0.15, 0.2) is 84.9 Å². The van der Waals surface area contributed by atoms with E-state index < -0.39 is 17.4 Å². The number of fused-ring (bicyclic) bond motifs is 1. The Bertz CT molecular complexity index is 1290. The average molecular weight is 485 g/mol. The van der Waals surface area contributed by atoms with Gasteiger partial charge in [0.05, 0.1) is 19.4 Å². The fourth-order valence-electron chi connectivity index (χ4n) is 4.45. The lowest BCUT2D eigenvalue weighted by molar-refractivity contribution is -0.144. The Morgan fingerprint density at radius 2 is 1.67 bits per heavy atom. The third kappa shape index (κ3) is 4.86. The lowest BCUT2D eigenvalue weighted by Crippen LogP contribution is -2.52. The molecule has 1 aliphatic heterocycles. The largest absolute Gasteiger partial charge is 0.496 e. The maximum Gasteiger partial charge on any atom is 0.305 e. The van der Waals surface area contributed by atoms with Gasteiger partial charge in [-0.15, -0.1) is 0 Å². The van der Waals surface area contributed by atoms with Crippen LogP contribution in [0.25, 0.3) is 6.08 Å². The number of hydrogen-bond acceptors (Lipinski definition) is 5. The van der Waals surface area contributed by atoms with Crippen molar-refractivity contribution in [3.63, 3.8) is 0 Å². The van der Waals surface area contributed by atoms with Crippen LogP contribution in [-0.4, -0.2) is 31.5 Å². The van der Waals surface area contributed by atoms with Crippen molar-refractivity contribution in [1.82, 2.24) is 5.32 Å². The highest BCUT2D eigenvalue weighted by atomic mass is 16.5. The molecule has 7 nitrogen and oxygen atoms in total. The first-order valence-electron chi connectivity index (χ1n) is 11.8. The Morgan fingerprint density at radius 1 is 0.972 bits per heavy atom. The highest BCUT2D eigenvalue weighted by molar-refractivity contribution is 6.14. The van der Waals surface area contributed by atoms with E-state index >= 15 is 0 Å². The molecule has 0 fully saturated rings. The molecule has 4 rings (SSSR count). The topological polar surface area (TPSA) is 84.9 Å². The van der Waals surface area contributed by atoms with Crippen LogP contribution in [0.3, 0.4) is 0 Å². The van der Waals surface area contributed by atoms with E-state index in [0.717, 1.165) is 5.56 Å². The number of carbonyl (C=O) groups is 3. The van der Waals surface area contributed by atoms with Crippen molar-refractivity contribution in [3.8, 4) is 5.75 Å². The molecule has 0 saturated heterocycles. The van der Waals surface area contributed by atoms with E-state index in [1.807, 2.05) is 72.8 Å². The first-order valence-corrected chi connectivity index (χ1v) is 11.8. The maximum absolute atomic E-state index is 14.1. The van der Waals surface area contributed by atoms with Gasteiger partial charge < -0.3 is 14.8 Å². The summed E-state index contributed by atoms with van der Waals surface area (Å²) in [6.45, 7) is 1.96. The van der Waals surface area contributed by atoms with E-state index in [1.165, 1.54) is 6.08 Å². The Balaban J connectivity index is 1.72. The van der Waals surface area contributed by atoms with Gasteiger partial charge in [-0.05, 0) is 43.7 Å². The number of methoxy groups -OCH3 is 1. The molecule has 0 bridgehead atoms. The lowest BCUT2D eigenvalue weighted by Gasteiger charge is -2.29. The predicted octanol–water partition coefficient (Wildman–Crippen LogP) is 4.74. The van der Waals surface area contributed by atoms with E-state index in [9.17, 15) is 14.4 Å². The van der Waals surface area contributed by atoms with Crippen molar-refractivity contribution in [2.75, 3.05) is 18.6 Å². The molecule has 3 aromatic rings. The van der Waals surface area contributed by atoms with Crippen LogP contribution in [0, 0.1) is 0 Å². The number of anilines is 2. The number of amides is 2. The van der Waals surface area contributed by atoms with Gasteiger partial charge in [0.2, 0.25) is 5.91 Å². The Morgan fingerprint density at radius 3 is 2.42 bits per heavy atom. The average Bonchev–Trinajstić information content (AvgIpc) is 3.14. The van der Waals surface area contributed by atoms with Crippen molar-refractivity contribution in [2.45, 2.75) is 25.3 Å². The Kier molecular flexibility index (Phi) is 7.49. The zero-order valence-electron chi connectivity index (χ0n) is 20.3. The minimum absolute atomic E-state index is 0.0347. The molecule has 1 unspecified atom stereocenters. The van der Waals surface area contributed by atoms with E-state index in [0.29, 0.717) is 22.7 Å². The molecule has 36 heavy (non-hydrogen) atoms. The predicted molar refractivity (Wildman–Crippen MR) is 138 cm³/mol. The maximum atomic E-state index is 14.1. The highest BCUT2D eigenvalue weighted by Crippen LogP contribution is 2.46. The normalized spacial score (nSPS) is 16.6. The molecule has 1 aliphatic rings. The van der Waals surface area contributed by atoms with E-state index in [1.54, 1.807) is 31.1 Å². The Hall–Kier alpha value is -4.39. The van der Waals surface area contributed by atoms with Gasteiger partial charge in [-0.3, -0.25) is 19.3 Å². The molecule has 0 saturated carbocycles. The van der Waals surface area contributed by atoms with E-state index in [-0.39, 0.29) is 25.4 Å². The van der Waals surface area contributed by atoms with Crippen molar-refractivity contribution < 1.29 is 23.9 Å². The number of hydrogen-bond donors (Lipinski definition) is 1. The summed E-state index contributed by atoms with van der Waals surface area (Å²) in [6, 6.07) is 23.8. The molecule has 2 amide bonds. The van der Waals surface area contributed by atoms with Crippen LogP contribution >= 0.6 is 0 Å². The van der Waals surface area contributed by atoms with Gasteiger partial charge in [0.1, 0.15) is 11.3 Å². The van der Waals surface area contributed by atoms with Crippen LogP contribution in [0.5, 0.6) is 5.75 Å². The molecule has 7 heteroatoms. The number of esters is 1. The number of rotatable bonds is 9. The summed E-state index contributed by atoms with van der Waals surface area (Å²) in [5, 5.41) is 2.94. The molecular formula is C29H28N2O5. The third-order valence-corrected chi connectivity index (χ3v) is 6.09. The van der Waals surface area contributed by atoms with Crippen molar-refractivity contribution in [2.24, 2.45) is 0 Å². The van der Waals surface area contributed by atoms with Gasteiger partial charge in [0.25, 0.3) is 5.91 Å². The molecule has 1 atom stereocenters. The van der Waals surface area contributed by atoms with Crippen LogP contribution < -0.4 is 15.0 Å². The monoisotopic (exact) mass is 484 g/mol. The van der Waals surface area contributed by atoms with Crippen LogP contribution in [0.2, 0.25) is 0 Å². The summed E-state index contributed by atoms with van der Waals surface area (Å²) in [5.74, 6) is -0.615. The highest BCUT2D eigenvalue weighted by Gasteiger charge is 2.52. The third-order valence-electron chi connectivity index (χ3n) is 6.09. The Labute approximate surface area is 210 Å². The van der Waals surface area contributed by atoms with Crippen LogP contribution in [0.1, 0.15) is 30.9 Å². The molecule has 1 heterocycles. The summed E-state index contributed by atoms with van der Waals surface area (Å²) in [5.41, 5.74) is 1.24. The van der Waals surface area contributed by atoms with Gasteiger partial charge >= 0.3 is 5.97 Å². The second-order valence-corrected chi connectivity index (χ2v) is 8.27. The van der Waals surface area contributed by atoms with Crippen LogP contribution in [0.4, 0.5) is 11.4 Å². The number of nitrogens with zero attached hydrogens (tertiary/aromatic N) is 1. The molecule has 0 radical (unpaired) electrons. The first-order chi connectivity index (χ1) is 17.5. The minimum atomic E-state index is -1.44. The standard InChI is InChI=1S/C29H28N2O5/c1-3-36-27(33)19-20-29(30-26(32)18-17-21-11-7-10-16-25(21)35-2)23-14-8-9-15-24(23)31(28(29)34)22-12-5-4-6-13-22/h4-18H,3,19-20H2,1-2H3,(H,30,32)/b18-17+. The zero-order chi connectivity index (χ0) is 25.5. The van der Waals surface area contributed by atoms with Crippen molar-refractivity contribution >= 4 is 35.2 Å². The van der Waals surface area contributed by atoms with Gasteiger partial charge in [0, 0.05) is 29.3 Å². The number of carbonyl (C=O) groups excluding carboxylic acids is 3. The quantitative estimate of drug-likeness (QED) is 0.350. The van der Waals surface area contributed by atoms with Gasteiger partial charge in [-0.1, -0.05) is 54.6 Å². The molecule has 3 aromatic carbocycles. The summed E-state index contributed by atoms with van der Waals surface area (Å²) < 4.78 is 10.5. The second kappa shape index (κ2) is 10.9. The molecule has 0 spiro atoms. The fourth-order valence-corrected chi connectivity index (χ4v) is 4.45. The van der Waals surface area contributed by atoms with Crippen molar-refractivity contribution in [1.29, 1.82) is 0 Å². The summed E-state index contributed by atoms with van der Waals surface area (Å²) in [6.07, 6.45) is 3.02. The second-order valence-electron chi connectivity index (χ2n) is 8.27. The molecule has 184 valence electrons. The number of ether oxygens (including phenoxy) is 2. The summed E-state index contributed by atoms with van der Waals surface area (Å²) >= 11 is 0. The van der Waals surface area contributed by atoms with Crippen LogP contribution in [-0.2, 0) is 24.7 Å². The molecule has 0 aromatic heterocycles. The number of para-hydroxylation sites is 3. The molecule has 1 N–H and O–H groups in total. The van der Waals surface area contributed by atoms with Gasteiger partial charge in [-0.25, -0.2) is 0 Å². The van der Waals surface area contributed by atoms with Gasteiger partial charge in [0.15, 0.2) is 0 Å². The molecule has 0 aliphatic carbocycles. The minimum Gasteiger partial charge on any atom is -0.496 e. The van der Waals surface area contributed by atoms with Gasteiger partial charge in [-0.2, -0.15) is 0 Å². The van der Waals surface area contributed by atoms with Crippen molar-refractivity contribution in [3.05, 3.63) is 96.1 Å². The lowest BCUT2D eigenvalue weighted by atomic mass is 9.86. The summed E-state index contributed by atoms with van der Waals surface area (Å²) in [4.78, 5) is 41.2. The first kappa shape index (κ1) is 24.7. The van der Waals surface area contributed by atoms with E-state index in [4.69, 9.17) is 9.47 Å². The number of benzene rings is 3. The number of nitrogens with one attached hydrogen (secondary N) is 1. The molecular weight excluding hydrogens is 456 g/mol. The summed E-state index contributed by atoms with van der Waals surface area (Å²) in [7, 11) is 1.56.